The van der Waals surface area contributed by atoms with Crippen LogP contribution in [0.25, 0.3) is 0 Å². The number of halogens is 1. The molecule has 0 aliphatic carbocycles. The number of unbranched alkanes of at least 4 members (excludes halogenated alkanes) is 2. The van der Waals surface area contributed by atoms with Gasteiger partial charge in [0.15, 0.2) is 17.4 Å². The van der Waals surface area contributed by atoms with E-state index < -0.39 is 47.0 Å². The number of rotatable bonds is 6. The molecule has 10 heteroatoms. The lowest BCUT2D eigenvalue weighted by atomic mass is 9.97. The minimum absolute atomic E-state index is 0.170. The van der Waals surface area contributed by atoms with Gasteiger partial charge in [-0.15, -0.1) is 0 Å². The van der Waals surface area contributed by atoms with Crippen LogP contribution in [-0.2, 0) is 15.2 Å². The molecule has 1 aliphatic heterocycles. The van der Waals surface area contributed by atoms with Crippen LogP contribution < -0.4 is 11.0 Å². The van der Waals surface area contributed by atoms with E-state index in [0.29, 0.717) is 6.42 Å². The summed E-state index contributed by atoms with van der Waals surface area (Å²) in [5.74, 6) is -1.61. The van der Waals surface area contributed by atoms with E-state index >= 15 is 0 Å². The Morgan fingerprint density at radius 3 is 2.59 bits per heavy atom. The number of anilines is 1. The van der Waals surface area contributed by atoms with Gasteiger partial charge in [0.25, 0.3) is 0 Å². The number of amides is 1. The molecule has 3 atom stereocenters. The molecule has 0 radical (unpaired) electrons. The Morgan fingerprint density at radius 2 is 2.04 bits per heavy atom. The van der Waals surface area contributed by atoms with E-state index in [1.54, 1.807) is 0 Å². The van der Waals surface area contributed by atoms with E-state index in [4.69, 9.17) is 9.47 Å². The van der Waals surface area contributed by atoms with E-state index in [0.717, 1.165) is 23.6 Å². The number of aliphatic hydroxyl groups is 2. The fraction of sp³-hybridized carbons (Fsp3) is 0.706. The largest absolute Gasteiger partial charge is 0.449 e. The van der Waals surface area contributed by atoms with E-state index in [9.17, 15) is 24.2 Å². The lowest BCUT2D eigenvalue weighted by Gasteiger charge is -2.30. The normalized spacial score (nSPS) is 26.8. The summed E-state index contributed by atoms with van der Waals surface area (Å²) in [4.78, 5) is 27.5. The van der Waals surface area contributed by atoms with E-state index in [1.807, 2.05) is 6.92 Å². The lowest BCUT2D eigenvalue weighted by Crippen LogP contribution is -2.48. The second-order valence-electron chi connectivity index (χ2n) is 7.21. The predicted molar refractivity (Wildman–Crippen MR) is 93.8 cm³/mol. The molecule has 152 valence electrons. The summed E-state index contributed by atoms with van der Waals surface area (Å²) in [6.45, 7) is 6.58. The zero-order chi connectivity index (χ0) is 20.4. The fourth-order valence-electron chi connectivity index (χ4n) is 3.01. The molecule has 1 aromatic rings. The van der Waals surface area contributed by atoms with Gasteiger partial charge in [-0.1, -0.05) is 19.8 Å². The zero-order valence-electron chi connectivity index (χ0n) is 15.9. The van der Waals surface area contributed by atoms with Crippen molar-refractivity contribution < 1.29 is 28.9 Å². The molecule has 1 amide bonds. The predicted octanol–water partition coefficient (Wildman–Crippen LogP) is 1.32. The molecular weight excluding hydrogens is 361 g/mol. The second kappa shape index (κ2) is 7.91. The number of carbonyl (C=O) groups excluding carboxylic acids is 1. The van der Waals surface area contributed by atoms with Crippen molar-refractivity contribution in [3.8, 4) is 0 Å². The molecule has 3 N–H and O–H groups in total. The summed E-state index contributed by atoms with van der Waals surface area (Å²) in [5, 5.41) is 22.5. The number of ether oxygens (including phenoxy) is 2. The second-order valence-corrected chi connectivity index (χ2v) is 7.21. The van der Waals surface area contributed by atoms with Crippen molar-refractivity contribution in [1.82, 2.24) is 9.55 Å². The first-order valence-corrected chi connectivity index (χ1v) is 8.82. The summed E-state index contributed by atoms with van der Waals surface area (Å²) in [5.41, 5.74) is -3.86. The van der Waals surface area contributed by atoms with Crippen molar-refractivity contribution in [2.24, 2.45) is 0 Å². The van der Waals surface area contributed by atoms with Gasteiger partial charge in [0.1, 0.15) is 12.2 Å². The number of carbonyl (C=O) groups is 1. The van der Waals surface area contributed by atoms with Crippen molar-refractivity contribution in [1.29, 1.82) is 0 Å². The molecule has 0 aromatic carbocycles. The van der Waals surface area contributed by atoms with Crippen LogP contribution in [0.1, 0.15) is 47.0 Å². The van der Waals surface area contributed by atoms with E-state index in [2.05, 4.69) is 10.3 Å². The third-order valence-corrected chi connectivity index (χ3v) is 4.59. The third kappa shape index (κ3) is 4.28. The Hall–Kier alpha value is -2.04. The molecule has 1 aromatic heterocycles. The quantitative estimate of drug-likeness (QED) is 0.629. The van der Waals surface area contributed by atoms with Crippen LogP contribution in [0.2, 0.25) is 0 Å². The Labute approximate surface area is 156 Å². The molecule has 0 saturated carbocycles. The minimum Gasteiger partial charge on any atom is -0.449 e. The minimum atomic E-state index is -1.73. The van der Waals surface area contributed by atoms with Gasteiger partial charge in [-0.25, -0.2) is 14.0 Å². The van der Waals surface area contributed by atoms with Crippen LogP contribution in [0.15, 0.2) is 11.0 Å². The molecule has 2 heterocycles. The van der Waals surface area contributed by atoms with E-state index in [-0.39, 0.29) is 6.61 Å². The van der Waals surface area contributed by atoms with Gasteiger partial charge < -0.3 is 19.7 Å². The summed E-state index contributed by atoms with van der Waals surface area (Å²) in [6, 6.07) is 0. The average molecular weight is 387 g/mol. The smallest absolute Gasteiger partial charge is 0.412 e. The molecule has 0 bridgehead atoms. The maximum atomic E-state index is 14.4. The highest BCUT2D eigenvalue weighted by molar-refractivity contribution is 5.83. The molecule has 27 heavy (non-hydrogen) atoms. The first-order chi connectivity index (χ1) is 12.5. The summed E-state index contributed by atoms with van der Waals surface area (Å²) < 4.78 is 25.6. The van der Waals surface area contributed by atoms with Gasteiger partial charge in [0.2, 0.25) is 0 Å². The molecule has 1 saturated heterocycles. The first-order valence-electron chi connectivity index (χ1n) is 8.82. The van der Waals surface area contributed by atoms with Crippen LogP contribution in [-0.4, -0.2) is 50.3 Å². The van der Waals surface area contributed by atoms with E-state index in [1.165, 1.54) is 20.8 Å². The first kappa shape index (κ1) is 21.3. The highest BCUT2D eigenvalue weighted by Crippen LogP contribution is 2.40. The summed E-state index contributed by atoms with van der Waals surface area (Å²) in [7, 11) is 0. The third-order valence-electron chi connectivity index (χ3n) is 4.59. The van der Waals surface area contributed by atoms with Gasteiger partial charge in [0.05, 0.1) is 18.4 Å². The molecule has 9 nitrogen and oxygen atoms in total. The number of aliphatic hydroxyl groups excluding tert-OH is 2. The molecule has 1 fully saturated rings. The van der Waals surface area contributed by atoms with Gasteiger partial charge >= 0.3 is 11.8 Å². The Kier molecular flexibility index (Phi) is 6.23. The maximum Gasteiger partial charge on any atom is 0.412 e. The molecule has 2 rings (SSSR count). The molecule has 2 unspecified atom stereocenters. The number of aromatic nitrogens is 2. The van der Waals surface area contributed by atoms with Crippen LogP contribution in [0.5, 0.6) is 0 Å². The molecule has 1 aliphatic rings. The average Bonchev–Trinajstić information content (AvgIpc) is 2.74. The maximum absolute atomic E-state index is 14.4. The standard InChI is InChI=1S/C17H26FN3O6/c1-5-6-7-8-26-15(25)20-13-10(18)9-21(14(24)19-13)17(4)12(23)11(22)16(2,3)27-17/h9,11-12,22-23H,5-8H2,1-4H3,(H,19,20,24,25)/t11?,12-,17?/m0/s1. The SMILES string of the molecule is CCCCCOC(=O)Nc1nc(=O)n(C2(C)OC(C)(C)C(O)[C@@H]2O)cc1F. The number of hydrogen-bond donors (Lipinski definition) is 3. The summed E-state index contributed by atoms with van der Waals surface area (Å²) >= 11 is 0. The Balaban J connectivity index is 2.20. The van der Waals surface area contributed by atoms with Crippen molar-refractivity contribution in [3.63, 3.8) is 0 Å². The Bertz CT molecular complexity index is 753. The van der Waals surface area contributed by atoms with Gasteiger partial charge in [0, 0.05) is 0 Å². The van der Waals surface area contributed by atoms with Gasteiger partial charge in [-0.05, 0) is 27.2 Å². The van der Waals surface area contributed by atoms with Crippen molar-refractivity contribution in [2.75, 3.05) is 11.9 Å². The van der Waals surface area contributed by atoms with Crippen molar-refractivity contribution in [2.45, 2.75) is 70.5 Å². The number of hydrogen-bond acceptors (Lipinski definition) is 7. The highest BCUT2D eigenvalue weighted by Gasteiger charge is 2.57. The van der Waals surface area contributed by atoms with Crippen LogP contribution >= 0.6 is 0 Å². The monoisotopic (exact) mass is 387 g/mol. The van der Waals surface area contributed by atoms with Crippen molar-refractivity contribution in [3.05, 3.63) is 22.5 Å². The van der Waals surface area contributed by atoms with Gasteiger partial charge in [-0.2, -0.15) is 4.98 Å². The van der Waals surface area contributed by atoms with Crippen LogP contribution in [0.4, 0.5) is 15.0 Å². The lowest BCUT2D eigenvalue weighted by molar-refractivity contribution is -0.156. The van der Waals surface area contributed by atoms with Crippen molar-refractivity contribution >= 4 is 11.9 Å². The zero-order valence-corrected chi connectivity index (χ0v) is 15.9. The topological polar surface area (TPSA) is 123 Å². The Morgan fingerprint density at radius 1 is 1.37 bits per heavy atom. The number of nitrogens with zero attached hydrogens (tertiary/aromatic N) is 2. The van der Waals surface area contributed by atoms with Gasteiger partial charge in [-0.3, -0.25) is 9.88 Å². The highest BCUT2D eigenvalue weighted by atomic mass is 19.1. The number of nitrogens with one attached hydrogen (secondary N) is 1. The fourth-order valence-corrected chi connectivity index (χ4v) is 3.01. The molecule has 0 spiro atoms. The van der Waals surface area contributed by atoms with Crippen LogP contribution in [0, 0.1) is 5.82 Å². The molecular formula is C17H26FN3O6. The van der Waals surface area contributed by atoms with Crippen LogP contribution in [0.3, 0.4) is 0 Å². The summed E-state index contributed by atoms with van der Waals surface area (Å²) in [6.07, 6.45) is -0.431.